The van der Waals surface area contributed by atoms with Gasteiger partial charge in [-0.3, -0.25) is 0 Å². The summed E-state index contributed by atoms with van der Waals surface area (Å²) in [6, 6.07) is 3.68. The first-order valence-electron chi connectivity index (χ1n) is 4.60. The van der Waals surface area contributed by atoms with Gasteiger partial charge in [0.05, 0.1) is 6.61 Å². The molecule has 74 valence electrons. The SMILES string of the molecule is Cc1cc(Cl)cc2c1OCCC2C=O. The average molecular weight is 211 g/mol. The number of hydrogen-bond acceptors (Lipinski definition) is 2. The topological polar surface area (TPSA) is 26.3 Å². The summed E-state index contributed by atoms with van der Waals surface area (Å²) in [6.07, 6.45) is 1.72. The van der Waals surface area contributed by atoms with Crippen molar-refractivity contribution >= 4 is 17.9 Å². The lowest BCUT2D eigenvalue weighted by atomic mass is 9.93. The minimum absolute atomic E-state index is 0.0591. The number of carbonyl (C=O) groups is 1. The number of fused-ring (bicyclic) bond motifs is 1. The molecule has 0 saturated carbocycles. The van der Waals surface area contributed by atoms with Crippen LogP contribution in [0.5, 0.6) is 5.75 Å². The number of ether oxygens (including phenoxy) is 1. The van der Waals surface area contributed by atoms with E-state index in [0.29, 0.717) is 11.6 Å². The Morgan fingerprint density at radius 3 is 3.07 bits per heavy atom. The molecule has 1 aromatic carbocycles. The minimum atomic E-state index is -0.0591. The molecule has 0 aromatic heterocycles. The Labute approximate surface area is 87.8 Å². The fourth-order valence-electron chi connectivity index (χ4n) is 1.81. The molecule has 0 spiro atoms. The Morgan fingerprint density at radius 1 is 1.57 bits per heavy atom. The zero-order chi connectivity index (χ0) is 10.1. The monoisotopic (exact) mass is 210 g/mol. The van der Waals surface area contributed by atoms with Gasteiger partial charge in [-0.1, -0.05) is 11.6 Å². The lowest BCUT2D eigenvalue weighted by molar-refractivity contribution is -0.109. The summed E-state index contributed by atoms with van der Waals surface area (Å²) in [6.45, 7) is 2.55. The molecule has 14 heavy (non-hydrogen) atoms. The third-order valence-corrected chi connectivity index (χ3v) is 2.73. The summed E-state index contributed by atoms with van der Waals surface area (Å²) in [7, 11) is 0. The van der Waals surface area contributed by atoms with Crippen molar-refractivity contribution in [2.75, 3.05) is 6.61 Å². The van der Waals surface area contributed by atoms with Gasteiger partial charge in [-0.15, -0.1) is 0 Å². The molecule has 1 aliphatic rings. The number of aryl methyl sites for hydroxylation is 1. The highest BCUT2D eigenvalue weighted by Gasteiger charge is 2.22. The Hall–Kier alpha value is -1.02. The first kappa shape index (κ1) is 9.53. The first-order valence-corrected chi connectivity index (χ1v) is 4.98. The minimum Gasteiger partial charge on any atom is -0.493 e. The molecule has 0 N–H and O–H groups in total. The summed E-state index contributed by atoms with van der Waals surface area (Å²) in [5.41, 5.74) is 1.93. The molecule has 0 aliphatic carbocycles. The van der Waals surface area contributed by atoms with Gasteiger partial charge in [-0.25, -0.2) is 0 Å². The van der Waals surface area contributed by atoms with E-state index < -0.39 is 0 Å². The van der Waals surface area contributed by atoms with Crippen LogP contribution in [-0.4, -0.2) is 12.9 Å². The van der Waals surface area contributed by atoms with E-state index in [1.807, 2.05) is 19.1 Å². The van der Waals surface area contributed by atoms with Crippen molar-refractivity contribution in [1.82, 2.24) is 0 Å². The maximum Gasteiger partial charge on any atom is 0.127 e. The van der Waals surface area contributed by atoms with Gasteiger partial charge in [-0.05, 0) is 31.0 Å². The van der Waals surface area contributed by atoms with Crippen molar-refractivity contribution < 1.29 is 9.53 Å². The molecule has 0 amide bonds. The molecular weight excluding hydrogens is 200 g/mol. The summed E-state index contributed by atoms with van der Waals surface area (Å²) in [4.78, 5) is 10.8. The fourth-order valence-corrected chi connectivity index (χ4v) is 2.09. The molecule has 0 radical (unpaired) electrons. The van der Waals surface area contributed by atoms with Gasteiger partial charge in [-0.2, -0.15) is 0 Å². The molecule has 3 heteroatoms. The summed E-state index contributed by atoms with van der Waals surface area (Å²) < 4.78 is 5.52. The van der Waals surface area contributed by atoms with E-state index in [1.54, 1.807) is 0 Å². The van der Waals surface area contributed by atoms with Crippen molar-refractivity contribution in [2.45, 2.75) is 19.3 Å². The molecule has 1 aromatic rings. The van der Waals surface area contributed by atoms with E-state index >= 15 is 0 Å². The average Bonchev–Trinajstić information content (AvgIpc) is 2.17. The van der Waals surface area contributed by atoms with E-state index in [0.717, 1.165) is 29.6 Å². The van der Waals surface area contributed by atoms with Crippen LogP contribution < -0.4 is 4.74 Å². The van der Waals surface area contributed by atoms with Crippen LogP contribution in [0.15, 0.2) is 12.1 Å². The normalized spacial score (nSPS) is 19.7. The molecule has 0 bridgehead atoms. The van der Waals surface area contributed by atoms with Crippen LogP contribution in [0.4, 0.5) is 0 Å². The lowest BCUT2D eigenvalue weighted by Gasteiger charge is -2.23. The Morgan fingerprint density at radius 2 is 2.36 bits per heavy atom. The van der Waals surface area contributed by atoms with Gasteiger partial charge in [0.15, 0.2) is 0 Å². The standard InChI is InChI=1S/C11H11ClO2/c1-7-4-9(12)5-10-8(6-13)2-3-14-11(7)10/h4-6,8H,2-3H2,1H3. The number of benzene rings is 1. The maximum atomic E-state index is 10.8. The third kappa shape index (κ3) is 1.50. The van der Waals surface area contributed by atoms with Crippen LogP contribution in [0.3, 0.4) is 0 Å². The predicted octanol–water partition coefficient (Wildman–Crippen LogP) is 2.71. The van der Waals surface area contributed by atoms with Gasteiger partial charge in [0, 0.05) is 16.5 Å². The molecule has 1 atom stereocenters. The molecule has 1 unspecified atom stereocenters. The highest BCUT2D eigenvalue weighted by atomic mass is 35.5. The molecule has 0 fully saturated rings. The Kier molecular flexibility index (Phi) is 2.46. The van der Waals surface area contributed by atoms with Gasteiger partial charge in [0.1, 0.15) is 12.0 Å². The molecule has 2 nitrogen and oxygen atoms in total. The molecular formula is C11H11ClO2. The van der Waals surface area contributed by atoms with Crippen molar-refractivity contribution in [3.05, 3.63) is 28.3 Å². The maximum absolute atomic E-state index is 10.8. The second-order valence-corrected chi connectivity index (χ2v) is 3.96. The zero-order valence-corrected chi connectivity index (χ0v) is 8.67. The zero-order valence-electron chi connectivity index (χ0n) is 7.92. The van der Waals surface area contributed by atoms with Crippen LogP contribution in [-0.2, 0) is 4.79 Å². The van der Waals surface area contributed by atoms with Crippen LogP contribution >= 0.6 is 11.6 Å². The quantitative estimate of drug-likeness (QED) is 0.667. The predicted molar refractivity (Wildman–Crippen MR) is 55.1 cm³/mol. The van der Waals surface area contributed by atoms with Crippen LogP contribution in [0.1, 0.15) is 23.5 Å². The van der Waals surface area contributed by atoms with Gasteiger partial charge < -0.3 is 9.53 Å². The highest BCUT2D eigenvalue weighted by molar-refractivity contribution is 6.30. The van der Waals surface area contributed by atoms with Crippen molar-refractivity contribution in [1.29, 1.82) is 0 Å². The number of rotatable bonds is 1. The fraction of sp³-hybridized carbons (Fsp3) is 0.364. The molecule has 1 heterocycles. The Bertz CT molecular complexity index is 374. The van der Waals surface area contributed by atoms with Gasteiger partial charge in [0.25, 0.3) is 0 Å². The molecule has 2 rings (SSSR count). The second-order valence-electron chi connectivity index (χ2n) is 3.52. The number of hydrogen-bond donors (Lipinski definition) is 0. The van der Waals surface area contributed by atoms with Crippen molar-refractivity contribution in [3.8, 4) is 5.75 Å². The smallest absolute Gasteiger partial charge is 0.127 e. The van der Waals surface area contributed by atoms with Gasteiger partial charge >= 0.3 is 0 Å². The van der Waals surface area contributed by atoms with E-state index in [9.17, 15) is 4.79 Å². The second kappa shape index (κ2) is 3.62. The van der Waals surface area contributed by atoms with Gasteiger partial charge in [0.2, 0.25) is 0 Å². The lowest BCUT2D eigenvalue weighted by Crippen LogP contribution is -2.15. The highest BCUT2D eigenvalue weighted by Crippen LogP contribution is 2.37. The van der Waals surface area contributed by atoms with E-state index in [-0.39, 0.29) is 5.92 Å². The molecule has 0 saturated heterocycles. The van der Waals surface area contributed by atoms with Crippen LogP contribution in [0.25, 0.3) is 0 Å². The number of aldehydes is 1. The molecule has 1 aliphatic heterocycles. The third-order valence-electron chi connectivity index (χ3n) is 2.51. The number of carbonyl (C=O) groups excluding carboxylic acids is 1. The van der Waals surface area contributed by atoms with E-state index in [4.69, 9.17) is 16.3 Å². The van der Waals surface area contributed by atoms with E-state index in [2.05, 4.69) is 0 Å². The van der Waals surface area contributed by atoms with E-state index in [1.165, 1.54) is 0 Å². The largest absolute Gasteiger partial charge is 0.493 e. The van der Waals surface area contributed by atoms with Crippen molar-refractivity contribution in [2.24, 2.45) is 0 Å². The number of halogens is 1. The van der Waals surface area contributed by atoms with Crippen LogP contribution in [0, 0.1) is 6.92 Å². The summed E-state index contributed by atoms with van der Waals surface area (Å²) in [5, 5.41) is 0.665. The van der Waals surface area contributed by atoms with Crippen molar-refractivity contribution in [3.63, 3.8) is 0 Å². The Balaban J connectivity index is 2.56. The van der Waals surface area contributed by atoms with Crippen LogP contribution in [0.2, 0.25) is 5.02 Å². The summed E-state index contributed by atoms with van der Waals surface area (Å²) >= 11 is 5.93. The first-order chi connectivity index (χ1) is 6.72. The summed E-state index contributed by atoms with van der Waals surface area (Å²) in [5.74, 6) is 0.772.